The van der Waals surface area contributed by atoms with Gasteiger partial charge in [-0.05, 0) is 24.3 Å². The molecule has 0 heterocycles. The second-order valence-electron chi connectivity index (χ2n) is 6.21. The molecule has 1 aliphatic carbocycles. The summed E-state index contributed by atoms with van der Waals surface area (Å²) in [6.07, 6.45) is -0.143. The van der Waals surface area contributed by atoms with E-state index in [0.29, 0.717) is 5.56 Å². The lowest BCUT2D eigenvalue weighted by atomic mass is 9.69. The summed E-state index contributed by atoms with van der Waals surface area (Å²) in [5, 5.41) is 50.6. The largest absolute Gasteiger partial charge is 0.394 e. The summed E-state index contributed by atoms with van der Waals surface area (Å²) >= 11 is 0. The zero-order valence-corrected chi connectivity index (χ0v) is 12.7. The van der Waals surface area contributed by atoms with E-state index in [2.05, 4.69) is 0 Å². The second kappa shape index (κ2) is 7.53. The average Bonchev–Trinajstić information content (AvgIpc) is 2.60. The van der Waals surface area contributed by atoms with Gasteiger partial charge < -0.3 is 25.5 Å². The SMILES string of the molecule is OCC(O)C(O)C(O)C(O)(c1ccccc1)C1CCCCC1. The first-order valence-corrected chi connectivity index (χ1v) is 7.94. The first kappa shape index (κ1) is 17.4. The highest BCUT2D eigenvalue weighted by Gasteiger charge is 2.49. The first-order chi connectivity index (χ1) is 10.5. The van der Waals surface area contributed by atoms with Gasteiger partial charge in [0.05, 0.1) is 6.61 Å². The number of rotatable bonds is 6. The van der Waals surface area contributed by atoms with Gasteiger partial charge in [0.25, 0.3) is 0 Å². The van der Waals surface area contributed by atoms with Crippen molar-refractivity contribution in [3.63, 3.8) is 0 Å². The van der Waals surface area contributed by atoms with Crippen molar-refractivity contribution in [3.05, 3.63) is 35.9 Å². The Morgan fingerprint density at radius 1 is 1.00 bits per heavy atom. The van der Waals surface area contributed by atoms with Crippen LogP contribution in [0.2, 0.25) is 0 Å². The van der Waals surface area contributed by atoms with E-state index in [0.717, 1.165) is 32.1 Å². The molecule has 5 N–H and O–H groups in total. The van der Waals surface area contributed by atoms with E-state index in [9.17, 15) is 20.4 Å². The highest BCUT2D eigenvalue weighted by Crippen LogP contribution is 2.42. The molecule has 5 heteroatoms. The van der Waals surface area contributed by atoms with Crippen molar-refractivity contribution in [1.82, 2.24) is 0 Å². The zero-order valence-electron chi connectivity index (χ0n) is 12.7. The average molecular weight is 310 g/mol. The van der Waals surface area contributed by atoms with Crippen LogP contribution in [0, 0.1) is 5.92 Å². The molecule has 124 valence electrons. The molecule has 2 rings (SSSR count). The van der Waals surface area contributed by atoms with E-state index >= 15 is 0 Å². The molecule has 0 aromatic heterocycles. The topological polar surface area (TPSA) is 101 Å². The summed E-state index contributed by atoms with van der Waals surface area (Å²) in [7, 11) is 0. The lowest BCUT2D eigenvalue weighted by Gasteiger charge is -2.44. The van der Waals surface area contributed by atoms with Crippen molar-refractivity contribution in [2.45, 2.75) is 56.0 Å². The highest BCUT2D eigenvalue weighted by atomic mass is 16.4. The number of aliphatic hydroxyl groups excluding tert-OH is 4. The molecule has 1 aromatic rings. The van der Waals surface area contributed by atoms with Crippen LogP contribution in [0.15, 0.2) is 30.3 Å². The smallest absolute Gasteiger partial charge is 0.121 e. The molecular weight excluding hydrogens is 284 g/mol. The van der Waals surface area contributed by atoms with Crippen LogP contribution in [0.3, 0.4) is 0 Å². The highest BCUT2D eigenvalue weighted by molar-refractivity contribution is 5.26. The molecular formula is C17H26O5. The van der Waals surface area contributed by atoms with Crippen LogP contribution in [0.1, 0.15) is 37.7 Å². The number of hydrogen-bond donors (Lipinski definition) is 5. The van der Waals surface area contributed by atoms with Crippen molar-refractivity contribution < 1.29 is 25.5 Å². The van der Waals surface area contributed by atoms with E-state index < -0.39 is 30.5 Å². The fourth-order valence-electron chi connectivity index (χ4n) is 3.47. The zero-order chi connectivity index (χ0) is 16.2. The van der Waals surface area contributed by atoms with Crippen LogP contribution in [0.4, 0.5) is 0 Å². The van der Waals surface area contributed by atoms with Crippen LogP contribution in [0.5, 0.6) is 0 Å². The molecule has 22 heavy (non-hydrogen) atoms. The molecule has 0 bridgehead atoms. The van der Waals surface area contributed by atoms with Crippen LogP contribution >= 0.6 is 0 Å². The standard InChI is InChI=1S/C17H26O5/c18-11-14(19)15(20)16(21)17(22,12-7-3-1-4-8-12)13-9-5-2-6-10-13/h1,3-4,7-8,13-16,18-22H,2,5-6,9-11H2. The van der Waals surface area contributed by atoms with Gasteiger partial charge in [-0.2, -0.15) is 0 Å². The molecule has 1 aromatic carbocycles. The molecule has 1 saturated carbocycles. The molecule has 0 saturated heterocycles. The quantitative estimate of drug-likeness (QED) is 0.528. The maximum absolute atomic E-state index is 11.3. The van der Waals surface area contributed by atoms with Crippen LogP contribution in [-0.4, -0.2) is 50.5 Å². The third kappa shape index (κ3) is 3.34. The molecule has 0 aliphatic heterocycles. The molecule has 0 spiro atoms. The monoisotopic (exact) mass is 310 g/mol. The minimum absolute atomic E-state index is 0.195. The predicted molar refractivity (Wildman–Crippen MR) is 82.0 cm³/mol. The molecule has 5 nitrogen and oxygen atoms in total. The second-order valence-corrected chi connectivity index (χ2v) is 6.21. The van der Waals surface area contributed by atoms with E-state index in [1.54, 1.807) is 24.3 Å². The number of benzene rings is 1. The maximum atomic E-state index is 11.3. The van der Waals surface area contributed by atoms with Crippen molar-refractivity contribution in [3.8, 4) is 0 Å². The van der Waals surface area contributed by atoms with Gasteiger partial charge in [0, 0.05) is 0 Å². The summed E-state index contributed by atoms with van der Waals surface area (Å²) in [5.41, 5.74) is -1.12. The van der Waals surface area contributed by atoms with E-state index in [-0.39, 0.29) is 5.92 Å². The Hall–Kier alpha value is -0.980. The molecule has 0 amide bonds. The van der Waals surface area contributed by atoms with Crippen molar-refractivity contribution in [2.75, 3.05) is 6.61 Å². The Morgan fingerprint density at radius 3 is 2.14 bits per heavy atom. The van der Waals surface area contributed by atoms with Gasteiger partial charge in [-0.3, -0.25) is 0 Å². The van der Waals surface area contributed by atoms with Crippen molar-refractivity contribution >= 4 is 0 Å². The van der Waals surface area contributed by atoms with Crippen LogP contribution < -0.4 is 0 Å². The first-order valence-electron chi connectivity index (χ1n) is 7.94. The minimum Gasteiger partial charge on any atom is -0.394 e. The third-order valence-corrected chi connectivity index (χ3v) is 4.82. The summed E-state index contributed by atoms with van der Waals surface area (Å²) in [5.74, 6) is -0.195. The van der Waals surface area contributed by atoms with Gasteiger partial charge in [-0.25, -0.2) is 0 Å². The van der Waals surface area contributed by atoms with Gasteiger partial charge in [-0.15, -0.1) is 0 Å². The summed E-state index contributed by atoms with van der Waals surface area (Å²) < 4.78 is 0. The fraction of sp³-hybridized carbons (Fsp3) is 0.647. The molecule has 0 radical (unpaired) electrons. The van der Waals surface area contributed by atoms with Crippen LogP contribution in [-0.2, 0) is 5.60 Å². The van der Waals surface area contributed by atoms with E-state index in [4.69, 9.17) is 5.11 Å². The molecule has 1 fully saturated rings. The number of aliphatic hydroxyl groups is 5. The Labute approximate surface area is 130 Å². The maximum Gasteiger partial charge on any atom is 0.121 e. The number of hydrogen-bond acceptors (Lipinski definition) is 5. The van der Waals surface area contributed by atoms with Gasteiger partial charge in [0.1, 0.15) is 23.9 Å². The van der Waals surface area contributed by atoms with Gasteiger partial charge >= 0.3 is 0 Å². The van der Waals surface area contributed by atoms with Gasteiger partial charge in [0.15, 0.2) is 0 Å². The normalized spacial score (nSPS) is 23.5. The molecule has 1 aliphatic rings. The lowest BCUT2D eigenvalue weighted by Crippen LogP contribution is -2.55. The van der Waals surface area contributed by atoms with E-state index in [1.165, 1.54) is 0 Å². The predicted octanol–water partition coefficient (Wildman–Crippen LogP) is 0.529. The molecule has 4 atom stereocenters. The van der Waals surface area contributed by atoms with Crippen molar-refractivity contribution in [1.29, 1.82) is 0 Å². The summed E-state index contributed by atoms with van der Waals surface area (Å²) in [6, 6.07) is 8.79. The van der Waals surface area contributed by atoms with Crippen LogP contribution in [0.25, 0.3) is 0 Å². The summed E-state index contributed by atoms with van der Waals surface area (Å²) in [6.45, 7) is -0.673. The van der Waals surface area contributed by atoms with E-state index in [1.807, 2.05) is 6.07 Å². The lowest BCUT2D eigenvalue weighted by molar-refractivity contribution is -0.189. The Balaban J connectivity index is 2.36. The Morgan fingerprint density at radius 2 is 1.59 bits per heavy atom. The molecule has 4 unspecified atom stereocenters. The van der Waals surface area contributed by atoms with Crippen molar-refractivity contribution in [2.24, 2.45) is 5.92 Å². The summed E-state index contributed by atoms with van der Waals surface area (Å²) in [4.78, 5) is 0. The van der Waals surface area contributed by atoms with Gasteiger partial charge in [0.2, 0.25) is 0 Å². The third-order valence-electron chi connectivity index (χ3n) is 4.82. The Bertz CT molecular complexity index is 446. The fourth-order valence-corrected chi connectivity index (χ4v) is 3.47. The van der Waals surface area contributed by atoms with Gasteiger partial charge in [-0.1, -0.05) is 49.6 Å². The minimum atomic E-state index is -1.64. The Kier molecular flexibility index (Phi) is 5.94.